The Morgan fingerprint density at radius 2 is 2.05 bits per heavy atom. The summed E-state index contributed by atoms with van der Waals surface area (Å²) in [5.74, 6) is -0.0903. The van der Waals surface area contributed by atoms with Crippen LogP contribution >= 0.6 is 11.6 Å². The molecule has 3 aliphatic heterocycles. The zero-order chi connectivity index (χ0) is 29.3. The van der Waals surface area contributed by atoms with Gasteiger partial charge >= 0.3 is 0 Å². The van der Waals surface area contributed by atoms with Crippen LogP contribution in [-0.4, -0.2) is 75.4 Å². The number of aliphatic hydroxyl groups is 1. The van der Waals surface area contributed by atoms with Crippen LogP contribution < -0.4 is 9.64 Å². The fraction of sp³-hybridized carbons (Fsp3) is 0.323. The molecule has 1 aliphatic carbocycles. The first kappa shape index (κ1) is 26.7. The third-order valence-electron chi connectivity index (χ3n) is 8.43. The number of carbonyl (C=O) groups is 1. The minimum atomic E-state index is -1.34. The van der Waals surface area contributed by atoms with Crippen molar-refractivity contribution in [1.82, 2.24) is 14.8 Å². The third-order valence-corrected chi connectivity index (χ3v) is 8.81. The van der Waals surface area contributed by atoms with E-state index in [-0.39, 0.29) is 52.1 Å². The summed E-state index contributed by atoms with van der Waals surface area (Å²) in [4.78, 5) is 27.4. The number of rotatable bonds is 4. The fourth-order valence-corrected chi connectivity index (χ4v) is 6.56. The second-order valence-electron chi connectivity index (χ2n) is 11.0. The van der Waals surface area contributed by atoms with Gasteiger partial charge in [-0.25, -0.2) is 9.38 Å². The summed E-state index contributed by atoms with van der Waals surface area (Å²) in [7, 11) is 0. The van der Waals surface area contributed by atoms with Gasteiger partial charge in [0.1, 0.15) is 24.0 Å². The topological polar surface area (TPSA) is 102 Å². The minimum absolute atomic E-state index is 0.0706. The van der Waals surface area contributed by atoms with Crippen molar-refractivity contribution in [3.63, 3.8) is 0 Å². The molecule has 216 valence electrons. The minimum Gasteiger partial charge on any atom is -0.507 e. The van der Waals surface area contributed by atoms with Crippen molar-refractivity contribution in [3.8, 4) is 22.6 Å². The number of fused-ring (bicyclic) bond motifs is 2. The van der Waals surface area contributed by atoms with Crippen LogP contribution in [0.4, 0.5) is 15.8 Å². The Balaban J connectivity index is 1.47. The molecular weight excluding hydrogens is 561 g/mol. The molecule has 2 fully saturated rings. The summed E-state index contributed by atoms with van der Waals surface area (Å²) in [6.45, 7) is 6.97. The number of pyridine rings is 1. The maximum absolute atomic E-state index is 15.3. The average molecular weight is 590 g/mol. The number of benzene rings is 2. The zero-order valence-corrected chi connectivity index (χ0v) is 23.7. The lowest BCUT2D eigenvalue weighted by molar-refractivity contribution is -0.128. The molecular formula is C31H29ClFN5O4. The number of halogens is 2. The monoisotopic (exact) mass is 589 g/mol. The molecule has 2 N–H and O–H groups in total. The van der Waals surface area contributed by atoms with Crippen molar-refractivity contribution in [2.24, 2.45) is 4.99 Å². The van der Waals surface area contributed by atoms with Gasteiger partial charge in [-0.15, -0.1) is 0 Å². The lowest BCUT2D eigenvalue weighted by atomic mass is 9.96. The number of anilines is 2. The van der Waals surface area contributed by atoms with E-state index in [1.807, 2.05) is 17.9 Å². The number of piperazine rings is 1. The Labute approximate surface area is 247 Å². The first-order valence-corrected chi connectivity index (χ1v) is 14.3. The van der Waals surface area contributed by atoms with Gasteiger partial charge in [-0.05, 0) is 55.7 Å². The number of hydrogen-bond donors (Lipinski definition) is 2. The Morgan fingerprint density at radius 1 is 1.24 bits per heavy atom. The molecule has 0 bridgehead atoms. The van der Waals surface area contributed by atoms with Crippen LogP contribution in [0.5, 0.6) is 11.5 Å². The van der Waals surface area contributed by atoms with E-state index in [4.69, 9.17) is 21.3 Å². The molecule has 2 unspecified atom stereocenters. The number of carbonyl (C=O) groups excluding carboxylic acids is 1. The summed E-state index contributed by atoms with van der Waals surface area (Å²) in [6, 6.07) is 7.35. The standard InChI is InChI=1S/C31H29ClFN5O4/c1-3-23(40)36-11-12-37-18(14-36)15-42-29-25-21(13-19(26(29)32)24-20(33)5-4-6-22(24)39)38(31(41)35-30(25)37)28-16(2)9-10-34-27(28)17-7-8-17/h3-6,9-10,13,17-18,31,39,41H,1,7-8,11-12,14-15H2,2H3. The number of aliphatic hydroxyl groups excluding tert-OH is 1. The van der Waals surface area contributed by atoms with Crippen LogP contribution in [0, 0.1) is 12.7 Å². The highest BCUT2D eigenvalue weighted by atomic mass is 35.5. The second-order valence-corrected chi connectivity index (χ2v) is 11.4. The Hall–Kier alpha value is -4.15. The van der Waals surface area contributed by atoms with Gasteiger partial charge in [0.25, 0.3) is 0 Å². The molecule has 0 radical (unpaired) electrons. The van der Waals surface area contributed by atoms with Crippen molar-refractivity contribution in [2.45, 2.75) is 38.1 Å². The molecule has 2 aromatic carbocycles. The molecule has 11 heteroatoms. The highest BCUT2D eigenvalue weighted by molar-refractivity contribution is 6.36. The maximum Gasteiger partial charge on any atom is 0.246 e. The van der Waals surface area contributed by atoms with Gasteiger partial charge in [0.15, 0.2) is 5.75 Å². The van der Waals surface area contributed by atoms with E-state index in [0.29, 0.717) is 36.7 Å². The Bertz CT molecular complexity index is 1660. The van der Waals surface area contributed by atoms with Crippen molar-refractivity contribution in [3.05, 3.63) is 76.8 Å². The largest absolute Gasteiger partial charge is 0.507 e. The molecule has 0 spiro atoms. The maximum atomic E-state index is 15.3. The van der Waals surface area contributed by atoms with E-state index >= 15 is 4.39 Å². The molecule has 3 aromatic rings. The van der Waals surface area contributed by atoms with E-state index in [1.165, 1.54) is 24.3 Å². The molecule has 4 aliphatic rings. The average Bonchev–Trinajstić information content (AvgIpc) is 3.83. The third kappa shape index (κ3) is 4.12. The van der Waals surface area contributed by atoms with Crippen LogP contribution in [0.15, 0.2) is 54.2 Å². The van der Waals surface area contributed by atoms with Gasteiger partial charge in [-0.2, -0.15) is 0 Å². The number of nitrogens with zero attached hydrogens (tertiary/aromatic N) is 5. The Morgan fingerprint density at radius 3 is 2.79 bits per heavy atom. The number of phenols is 1. The highest BCUT2D eigenvalue weighted by Gasteiger charge is 2.44. The highest BCUT2D eigenvalue weighted by Crippen LogP contribution is 2.53. The number of aliphatic imine (C=N–C) groups is 1. The number of amidine groups is 1. The van der Waals surface area contributed by atoms with Crippen molar-refractivity contribution in [1.29, 1.82) is 0 Å². The number of amides is 1. The lowest BCUT2D eigenvalue weighted by Crippen LogP contribution is -2.58. The van der Waals surface area contributed by atoms with Crippen molar-refractivity contribution in [2.75, 3.05) is 31.1 Å². The van der Waals surface area contributed by atoms with Crippen molar-refractivity contribution >= 4 is 34.7 Å². The number of aromatic nitrogens is 1. The van der Waals surface area contributed by atoms with Crippen LogP contribution in [-0.2, 0) is 4.79 Å². The Kier molecular flexibility index (Phi) is 6.36. The first-order valence-electron chi connectivity index (χ1n) is 13.9. The zero-order valence-electron chi connectivity index (χ0n) is 22.9. The first-order chi connectivity index (χ1) is 20.3. The van der Waals surface area contributed by atoms with Gasteiger partial charge in [0.2, 0.25) is 12.3 Å². The molecule has 7 rings (SSSR count). The molecule has 4 heterocycles. The normalized spacial score (nSPS) is 21.1. The van der Waals surface area contributed by atoms with Crippen LogP contribution in [0.3, 0.4) is 0 Å². The van der Waals surface area contributed by atoms with E-state index in [9.17, 15) is 15.0 Å². The number of ether oxygens (including phenoxy) is 1. The van der Waals surface area contributed by atoms with E-state index in [0.717, 1.165) is 29.8 Å². The number of phenolic OH excluding ortho intramolecular Hbond substituents is 1. The summed E-state index contributed by atoms with van der Waals surface area (Å²) in [6.07, 6.45) is 3.70. The smallest absolute Gasteiger partial charge is 0.246 e. The fourth-order valence-electron chi connectivity index (χ4n) is 6.26. The summed E-state index contributed by atoms with van der Waals surface area (Å²) in [5.41, 5.74) is 3.69. The number of aromatic hydroxyl groups is 1. The van der Waals surface area contributed by atoms with E-state index < -0.39 is 12.2 Å². The second kappa shape index (κ2) is 9.99. The van der Waals surface area contributed by atoms with E-state index in [1.54, 1.807) is 22.1 Å². The summed E-state index contributed by atoms with van der Waals surface area (Å²) >= 11 is 7.00. The van der Waals surface area contributed by atoms with Crippen LogP contribution in [0.2, 0.25) is 5.02 Å². The molecule has 9 nitrogen and oxygen atoms in total. The number of aryl methyl sites for hydroxylation is 1. The summed E-state index contributed by atoms with van der Waals surface area (Å²) < 4.78 is 21.7. The van der Waals surface area contributed by atoms with Gasteiger partial charge in [-0.3, -0.25) is 14.7 Å². The molecule has 42 heavy (non-hydrogen) atoms. The predicted octanol–water partition coefficient (Wildman–Crippen LogP) is 4.70. The number of hydrogen-bond acceptors (Lipinski definition) is 8. The summed E-state index contributed by atoms with van der Waals surface area (Å²) in [5, 5.41) is 22.6. The van der Waals surface area contributed by atoms with Gasteiger partial charge < -0.3 is 24.7 Å². The van der Waals surface area contributed by atoms with Gasteiger partial charge in [0, 0.05) is 37.3 Å². The van der Waals surface area contributed by atoms with Crippen LogP contribution in [0.25, 0.3) is 11.1 Å². The van der Waals surface area contributed by atoms with Crippen LogP contribution in [0.1, 0.15) is 35.6 Å². The van der Waals surface area contributed by atoms with Gasteiger partial charge in [0.05, 0.1) is 39.3 Å². The molecule has 1 aromatic heterocycles. The molecule has 2 atom stereocenters. The van der Waals surface area contributed by atoms with E-state index in [2.05, 4.69) is 11.6 Å². The van der Waals surface area contributed by atoms with Gasteiger partial charge in [-0.1, -0.05) is 24.2 Å². The predicted molar refractivity (Wildman–Crippen MR) is 157 cm³/mol. The lowest BCUT2D eigenvalue weighted by Gasteiger charge is -2.43. The quantitative estimate of drug-likeness (QED) is 0.426. The van der Waals surface area contributed by atoms with Crippen molar-refractivity contribution < 1.29 is 24.1 Å². The molecule has 1 saturated carbocycles. The molecule has 1 amide bonds. The SMILES string of the molecule is C=CC(=O)N1CCN2C3=NC(O)N(c4c(C)ccnc4C4CC4)c4cc(-c5c(O)cccc5F)c(Cl)c(c43)OCC2C1. The molecule has 1 saturated heterocycles.